The minimum absolute atomic E-state index is 0.196. The second-order valence-corrected chi connectivity index (χ2v) is 4.94. The van der Waals surface area contributed by atoms with E-state index in [1.807, 2.05) is 11.8 Å². The van der Waals surface area contributed by atoms with Crippen molar-refractivity contribution in [3.05, 3.63) is 21.2 Å². The van der Waals surface area contributed by atoms with Gasteiger partial charge < -0.3 is 15.0 Å². The molecular formula is C10H14BrN3O2. The molecule has 0 aromatic carbocycles. The van der Waals surface area contributed by atoms with Crippen molar-refractivity contribution in [2.24, 2.45) is 5.92 Å². The summed E-state index contributed by atoms with van der Waals surface area (Å²) in [7, 11) is 0. The summed E-state index contributed by atoms with van der Waals surface area (Å²) in [5.41, 5.74) is -0.196. The molecule has 1 aromatic heterocycles. The van der Waals surface area contributed by atoms with E-state index in [0.717, 1.165) is 13.0 Å². The van der Waals surface area contributed by atoms with Gasteiger partial charge in [0.2, 0.25) is 0 Å². The smallest absolute Gasteiger partial charge is 0.267 e. The number of piperidine rings is 1. The number of nitrogens with one attached hydrogen (secondary N) is 1. The summed E-state index contributed by atoms with van der Waals surface area (Å²) >= 11 is 3.22. The molecule has 0 saturated carbocycles. The number of nitrogens with zero attached hydrogens (tertiary/aromatic N) is 2. The predicted molar refractivity (Wildman–Crippen MR) is 64.6 cm³/mol. The van der Waals surface area contributed by atoms with E-state index in [0.29, 0.717) is 22.8 Å². The minimum Gasteiger partial charge on any atom is -0.391 e. The lowest BCUT2D eigenvalue weighted by molar-refractivity contribution is 0.102. The van der Waals surface area contributed by atoms with Gasteiger partial charge in [-0.1, -0.05) is 6.92 Å². The van der Waals surface area contributed by atoms with Gasteiger partial charge in [-0.15, -0.1) is 0 Å². The second-order valence-electron chi connectivity index (χ2n) is 4.15. The normalized spacial score (nSPS) is 25.8. The average molecular weight is 288 g/mol. The third kappa shape index (κ3) is 2.12. The summed E-state index contributed by atoms with van der Waals surface area (Å²) in [6.07, 6.45) is 1.93. The Labute approximate surface area is 102 Å². The van der Waals surface area contributed by atoms with Crippen LogP contribution in [0.3, 0.4) is 0 Å². The van der Waals surface area contributed by atoms with E-state index in [2.05, 4.69) is 25.9 Å². The van der Waals surface area contributed by atoms with E-state index in [1.165, 1.54) is 6.33 Å². The van der Waals surface area contributed by atoms with Crippen LogP contribution in [0.25, 0.3) is 0 Å². The molecule has 0 radical (unpaired) electrons. The predicted octanol–water partition coefficient (Wildman–Crippen LogP) is 0.740. The fraction of sp³-hybridized carbons (Fsp3) is 0.600. The summed E-state index contributed by atoms with van der Waals surface area (Å²) in [5, 5.41) is 9.80. The third-order valence-electron chi connectivity index (χ3n) is 3.00. The summed E-state index contributed by atoms with van der Waals surface area (Å²) in [4.78, 5) is 20.0. The summed E-state index contributed by atoms with van der Waals surface area (Å²) in [6, 6.07) is 0. The van der Waals surface area contributed by atoms with Crippen molar-refractivity contribution < 1.29 is 5.11 Å². The maximum atomic E-state index is 11.4. The zero-order valence-corrected chi connectivity index (χ0v) is 10.6. The van der Waals surface area contributed by atoms with Gasteiger partial charge in [-0.25, -0.2) is 4.98 Å². The van der Waals surface area contributed by atoms with Gasteiger partial charge in [-0.3, -0.25) is 4.79 Å². The second kappa shape index (κ2) is 4.55. The summed E-state index contributed by atoms with van der Waals surface area (Å²) in [5.74, 6) is 0.909. The molecule has 0 amide bonds. The van der Waals surface area contributed by atoms with Crippen LogP contribution in [-0.4, -0.2) is 34.3 Å². The molecule has 0 bridgehead atoms. The topological polar surface area (TPSA) is 69.2 Å². The van der Waals surface area contributed by atoms with Gasteiger partial charge in [0.05, 0.1) is 12.4 Å². The van der Waals surface area contributed by atoms with Crippen LogP contribution in [0.2, 0.25) is 0 Å². The van der Waals surface area contributed by atoms with Crippen molar-refractivity contribution in [1.29, 1.82) is 0 Å². The van der Waals surface area contributed by atoms with Crippen LogP contribution in [-0.2, 0) is 0 Å². The van der Waals surface area contributed by atoms with Crippen LogP contribution >= 0.6 is 15.9 Å². The van der Waals surface area contributed by atoms with Gasteiger partial charge in [-0.05, 0) is 28.3 Å². The first kappa shape index (κ1) is 11.6. The Kier molecular flexibility index (Phi) is 3.30. The molecule has 6 heteroatoms. The first-order valence-electron chi connectivity index (χ1n) is 5.26. The van der Waals surface area contributed by atoms with Crippen molar-refractivity contribution in [3.63, 3.8) is 0 Å². The molecule has 1 aliphatic heterocycles. The lowest BCUT2D eigenvalue weighted by atomic mass is 9.96. The van der Waals surface area contributed by atoms with Crippen LogP contribution in [0.1, 0.15) is 13.3 Å². The molecule has 0 aliphatic carbocycles. The van der Waals surface area contributed by atoms with Gasteiger partial charge in [0.25, 0.3) is 5.56 Å². The van der Waals surface area contributed by atoms with Gasteiger partial charge in [0, 0.05) is 13.1 Å². The highest BCUT2D eigenvalue weighted by atomic mass is 79.9. The summed E-state index contributed by atoms with van der Waals surface area (Å²) in [6.45, 7) is 3.37. The zero-order valence-electron chi connectivity index (χ0n) is 8.98. The maximum absolute atomic E-state index is 11.4. The van der Waals surface area contributed by atoms with Crippen molar-refractivity contribution >= 4 is 21.7 Å². The van der Waals surface area contributed by atoms with E-state index < -0.39 is 0 Å². The minimum atomic E-state index is -0.360. The van der Waals surface area contributed by atoms with E-state index in [-0.39, 0.29) is 11.7 Å². The van der Waals surface area contributed by atoms with E-state index in [4.69, 9.17) is 0 Å². The SMILES string of the molecule is CC1CCN(c2nc[nH]c(=O)c2Br)CC1O. The zero-order chi connectivity index (χ0) is 11.7. The number of H-pyrrole nitrogens is 1. The maximum Gasteiger partial charge on any atom is 0.267 e. The molecule has 0 spiro atoms. The van der Waals surface area contributed by atoms with Gasteiger partial charge in [0.1, 0.15) is 10.3 Å². The Hall–Kier alpha value is -0.880. The number of hydrogen-bond donors (Lipinski definition) is 2. The molecule has 1 saturated heterocycles. The number of hydrogen-bond acceptors (Lipinski definition) is 4. The van der Waals surface area contributed by atoms with Crippen molar-refractivity contribution in [1.82, 2.24) is 9.97 Å². The van der Waals surface area contributed by atoms with E-state index >= 15 is 0 Å². The van der Waals surface area contributed by atoms with Crippen LogP contribution < -0.4 is 10.5 Å². The van der Waals surface area contributed by atoms with E-state index in [9.17, 15) is 9.90 Å². The van der Waals surface area contributed by atoms with Gasteiger partial charge in [0.15, 0.2) is 0 Å². The van der Waals surface area contributed by atoms with Crippen LogP contribution in [0, 0.1) is 5.92 Å². The molecule has 2 atom stereocenters. The third-order valence-corrected chi connectivity index (χ3v) is 3.71. The molecular weight excluding hydrogens is 274 g/mol. The lowest BCUT2D eigenvalue weighted by Gasteiger charge is -2.35. The Morgan fingerprint density at radius 3 is 3.12 bits per heavy atom. The standard InChI is InChI=1S/C10H14BrN3O2/c1-6-2-3-14(4-7(6)15)9-8(11)10(16)13-5-12-9/h5-7,15H,2-4H2,1H3,(H,12,13,16). The highest BCUT2D eigenvalue weighted by Gasteiger charge is 2.26. The number of anilines is 1. The number of rotatable bonds is 1. The molecule has 5 nitrogen and oxygen atoms in total. The molecule has 2 heterocycles. The molecule has 1 aromatic rings. The molecule has 88 valence electrons. The van der Waals surface area contributed by atoms with Crippen molar-refractivity contribution in [3.8, 4) is 0 Å². The Morgan fingerprint density at radius 2 is 2.44 bits per heavy atom. The molecule has 16 heavy (non-hydrogen) atoms. The van der Waals surface area contributed by atoms with E-state index in [1.54, 1.807) is 0 Å². The van der Waals surface area contributed by atoms with Gasteiger partial charge in [-0.2, -0.15) is 0 Å². The monoisotopic (exact) mass is 287 g/mol. The quantitative estimate of drug-likeness (QED) is 0.799. The molecule has 1 fully saturated rings. The molecule has 1 aliphatic rings. The number of β-amino-alcohol motifs (C(OH)–C–C–N with tert-alkyl or cyclic N) is 1. The van der Waals surface area contributed by atoms with Crippen molar-refractivity contribution in [2.75, 3.05) is 18.0 Å². The van der Waals surface area contributed by atoms with Gasteiger partial charge >= 0.3 is 0 Å². The number of aliphatic hydroxyl groups is 1. The summed E-state index contributed by atoms with van der Waals surface area (Å²) < 4.78 is 0.428. The van der Waals surface area contributed by atoms with Crippen molar-refractivity contribution in [2.45, 2.75) is 19.4 Å². The molecule has 2 rings (SSSR count). The van der Waals surface area contributed by atoms with Crippen LogP contribution in [0.4, 0.5) is 5.82 Å². The molecule has 2 N–H and O–H groups in total. The Morgan fingerprint density at radius 1 is 1.69 bits per heavy atom. The first-order chi connectivity index (χ1) is 7.59. The highest BCUT2D eigenvalue weighted by molar-refractivity contribution is 9.10. The highest BCUT2D eigenvalue weighted by Crippen LogP contribution is 2.25. The lowest BCUT2D eigenvalue weighted by Crippen LogP contribution is -2.43. The number of halogens is 1. The number of aromatic nitrogens is 2. The molecule has 2 unspecified atom stereocenters. The largest absolute Gasteiger partial charge is 0.391 e. The fourth-order valence-corrected chi connectivity index (χ4v) is 2.30. The number of aliphatic hydroxyl groups excluding tert-OH is 1. The average Bonchev–Trinajstić information content (AvgIpc) is 2.26. The van der Waals surface area contributed by atoms with Crippen LogP contribution in [0.15, 0.2) is 15.6 Å². The Bertz CT molecular complexity index is 434. The first-order valence-corrected chi connectivity index (χ1v) is 6.05. The van der Waals surface area contributed by atoms with Crippen LogP contribution in [0.5, 0.6) is 0 Å². The fourth-order valence-electron chi connectivity index (χ4n) is 1.84. The Balaban J connectivity index is 2.25. The number of aromatic amines is 1.